The molecule has 3 N–H and O–H groups in total. The summed E-state index contributed by atoms with van der Waals surface area (Å²) in [5.74, 6) is -1.92. The van der Waals surface area contributed by atoms with E-state index in [0.29, 0.717) is 32.0 Å². The molecule has 0 spiro atoms. The van der Waals surface area contributed by atoms with Gasteiger partial charge in [-0.2, -0.15) is 13.2 Å². The molecule has 0 radical (unpaired) electrons. The average Bonchev–Trinajstić information content (AvgIpc) is 2.79. The smallest absolute Gasteiger partial charge is 0.416 e. The minimum absolute atomic E-state index is 0.104. The summed E-state index contributed by atoms with van der Waals surface area (Å²) in [6.45, 7) is 2.79. The van der Waals surface area contributed by atoms with Crippen LogP contribution < -0.4 is 16.0 Å². The van der Waals surface area contributed by atoms with Gasteiger partial charge in [0.2, 0.25) is 0 Å². The highest BCUT2D eigenvalue weighted by Gasteiger charge is 2.32. The first-order chi connectivity index (χ1) is 16.0. The van der Waals surface area contributed by atoms with Gasteiger partial charge in [-0.05, 0) is 37.3 Å². The number of amides is 1. The number of rotatable bonds is 6. The molecular weight excluding hydrogens is 461 g/mol. The lowest BCUT2D eigenvalue weighted by atomic mass is 10.1. The van der Waals surface area contributed by atoms with E-state index in [4.69, 9.17) is 15.2 Å². The van der Waals surface area contributed by atoms with Crippen LogP contribution in [0.15, 0.2) is 36.4 Å². The van der Waals surface area contributed by atoms with Crippen LogP contribution in [0.4, 0.5) is 35.9 Å². The Kier molecular flexibility index (Phi) is 7.25. The molecule has 0 aromatic heterocycles. The van der Waals surface area contributed by atoms with Gasteiger partial charge in [0, 0.05) is 19.2 Å². The zero-order valence-electron chi connectivity index (χ0n) is 17.9. The molecule has 1 heterocycles. The number of halogens is 3. The molecule has 2 aromatic rings. The summed E-state index contributed by atoms with van der Waals surface area (Å²) in [5.41, 5.74) is 3.91. The van der Waals surface area contributed by atoms with E-state index >= 15 is 0 Å². The molecule has 1 aliphatic rings. The molecule has 0 saturated carbocycles. The summed E-state index contributed by atoms with van der Waals surface area (Å²) in [7, 11) is 0. The maximum absolute atomic E-state index is 13.2. The van der Waals surface area contributed by atoms with Crippen LogP contribution in [0.2, 0.25) is 0 Å². The van der Waals surface area contributed by atoms with Gasteiger partial charge in [-0.15, -0.1) is 0 Å². The third-order valence-electron chi connectivity index (χ3n) is 5.05. The van der Waals surface area contributed by atoms with Crippen molar-refractivity contribution in [2.75, 3.05) is 42.3 Å². The summed E-state index contributed by atoms with van der Waals surface area (Å²) in [5, 5.41) is 13.4. The van der Waals surface area contributed by atoms with Crippen molar-refractivity contribution in [3.05, 3.63) is 57.6 Å². The van der Waals surface area contributed by atoms with E-state index in [1.54, 1.807) is 4.90 Å². The van der Waals surface area contributed by atoms with Crippen molar-refractivity contribution in [3.63, 3.8) is 0 Å². The Morgan fingerprint density at radius 2 is 1.88 bits per heavy atom. The molecule has 1 aliphatic heterocycles. The van der Waals surface area contributed by atoms with E-state index in [1.165, 1.54) is 19.1 Å². The first kappa shape index (κ1) is 24.8. The van der Waals surface area contributed by atoms with E-state index in [1.807, 2.05) is 0 Å². The second-order valence-corrected chi connectivity index (χ2v) is 7.40. The van der Waals surface area contributed by atoms with Gasteiger partial charge in [-0.25, -0.2) is 4.79 Å². The predicted molar refractivity (Wildman–Crippen MR) is 115 cm³/mol. The molecule has 2 aromatic carbocycles. The number of nitro benzene ring substituents is 1. The van der Waals surface area contributed by atoms with Crippen molar-refractivity contribution < 1.29 is 37.2 Å². The topological polar surface area (TPSA) is 137 Å². The van der Waals surface area contributed by atoms with Crippen molar-refractivity contribution in [2.24, 2.45) is 0 Å². The van der Waals surface area contributed by atoms with E-state index < -0.39 is 40.3 Å². The van der Waals surface area contributed by atoms with Crippen LogP contribution in [0.5, 0.6) is 0 Å². The second kappa shape index (κ2) is 9.95. The minimum Gasteiger partial charge on any atom is -0.449 e. The van der Waals surface area contributed by atoms with Gasteiger partial charge in [-0.1, -0.05) is 0 Å². The lowest BCUT2D eigenvalue weighted by Crippen LogP contribution is -2.37. The summed E-state index contributed by atoms with van der Waals surface area (Å²) in [6.07, 6.45) is -6.05. The molecule has 1 atom stereocenters. The molecule has 1 saturated heterocycles. The van der Waals surface area contributed by atoms with Crippen LogP contribution >= 0.6 is 0 Å². The standard InChI is InChI=1S/C21H21F3N4O6/c1-12(34-20(30)13-2-4-15(25)18(10-13)28(31)32)19(29)26-16-11-14(21(22,23)24)3-5-17(16)27-6-8-33-9-7-27/h2-5,10-12H,6-9,25H2,1H3,(H,26,29). The van der Waals surface area contributed by atoms with Crippen LogP contribution in [0.25, 0.3) is 0 Å². The Balaban J connectivity index is 1.79. The number of nitro groups is 1. The normalized spacial score (nSPS) is 14.9. The number of morpholine rings is 1. The third-order valence-corrected chi connectivity index (χ3v) is 5.05. The van der Waals surface area contributed by atoms with Gasteiger partial charge in [0.15, 0.2) is 6.10 Å². The van der Waals surface area contributed by atoms with E-state index in [0.717, 1.165) is 24.3 Å². The number of carbonyl (C=O) groups is 2. The highest BCUT2D eigenvalue weighted by Crippen LogP contribution is 2.36. The van der Waals surface area contributed by atoms with Gasteiger partial charge < -0.3 is 25.4 Å². The Bertz CT molecular complexity index is 1100. The Hall–Kier alpha value is -3.87. The SMILES string of the molecule is CC(OC(=O)c1ccc(N)c([N+](=O)[O-])c1)C(=O)Nc1cc(C(F)(F)F)ccc1N1CCOCC1. The van der Waals surface area contributed by atoms with Crippen LogP contribution in [0.3, 0.4) is 0 Å². The first-order valence-electron chi connectivity index (χ1n) is 10.1. The van der Waals surface area contributed by atoms with E-state index in [-0.39, 0.29) is 16.9 Å². The van der Waals surface area contributed by atoms with Crippen molar-refractivity contribution in [1.29, 1.82) is 0 Å². The van der Waals surface area contributed by atoms with Crippen molar-refractivity contribution in [3.8, 4) is 0 Å². The summed E-state index contributed by atoms with van der Waals surface area (Å²) in [6, 6.07) is 6.23. The molecule has 34 heavy (non-hydrogen) atoms. The van der Waals surface area contributed by atoms with Crippen molar-refractivity contribution in [1.82, 2.24) is 0 Å². The molecule has 182 valence electrons. The fourth-order valence-corrected chi connectivity index (χ4v) is 3.24. The summed E-state index contributed by atoms with van der Waals surface area (Å²) in [4.78, 5) is 37.0. The van der Waals surface area contributed by atoms with E-state index in [2.05, 4.69) is 5.32 Å². The summed E-state index contributed by atoms with van der Waals surface area (Å²) >= 11 is 0. The molecule has 13 heteroatoms. The van der Waals surface area contributed by atoms with E-state index in [9.17, 15) is 32.9 Å². The van der Waals surface area contributed by atoms with Crippen molar-refractivity contribution >= 4 is 34.6 Å². The number of nitrogen functional groups attached to an aromatic ring is 1. The number of nitrogens with zero attached hydrogens (tertiary/aromatic N) is 2. The van der Waals surface area contributed by atoms with Gasteiger partial charge in [0.1, 0.15) is 5.69 Å². The Labute approximate surface area is 191 Å². The monoisotopic (exact) mass is 482 g/mol. The predicted octanol–water partition coefficient (Wildman–Crippen LogP) is 3.22. The highest BCUT2D eigenvalue weighted by molar-refractivity contribution is 5.99. The van der Waals surface area contributed by atoms with Crippen molar-refractivity contribution in [2.45, 2.75) is 19.2 Å². The number of esters is 1. The fraction of sp³-hybridized carbons (Fsp3) is 0.333. The zero-order valence-corrected chi connectivity index (χ0v) is 17.9. The number of nitrogens with one attached hydrogen (secondary N) is 1. The number of nitrogens with two attached hydrogens (primary N) is 1. The molecule has 10 nitrogen and oxygen atoms in total. The maximum Gasteiger partial charge on any atom is 0.416 e. The number of benzene rings is 2. The Morgan fingerprint density at radius 1 is 1.21 bits per heavy atom. The largest absolute Gasteiger partial charge is 0.449 e. The third kappa shape index (κ3) is 5.73. The first-order valence-corrected chi connectivity index (χ1v) is 10.1. The van der Waals surface area contributed by atoms with Crippen LogP contribution in [0.1, 0.15) is 22.8 Å². The summed E-state index contributed by atoms with van der Waals surface area (Å²) < 4.78 is 50.0. The molecule has 1 amide bonds. The maximum atomic E-state index is 13.2. The zero-order chi connectivity index (χ0) is 25.0. The fourth-order valence-electron chi connectivity index (χ4n) is 3.24. The van der Waals surface area contributed by atoms with Crippen LogP contribution in [-0.4, -0.2) is 49.2 Å². The lowest BCUT2D eigenvalue weighted by Gasteiger charge is -2.31. The highest BCUT2D eigenvalue weighted by atomic mass is 19.4. The minimum atomic E-state index is -4.63. The van der Waals surface area contributed by atoms with Crippen LogP contribution in [0, 0.1) is 10.1 Å². The van der Waals surface area contributed by atoms with Gasteiger partial charge in [0.05, 0.1) is 40.6 Å². The number of anilines is 3. The van der Waals surface area contributed by atoms with Gasteiger partial charge in [-0.3, -0.25) is 14.9 Å². The molecular formula is C21H21F3N4O6. The number of hydrogen-bond donors (Lipinski definition) is 2. The second-order valence-electron chi connectivity index (χ2n) is 7.40. The quantitative estimate of drug-likeness (QED) is 0.277. The molecule has 0 aliphatic carbocycles. The lowest BCUT2D eigenvalue weighted by molar-refractivity contribution is -0.383. The van der Waals surface area contributed by atoms with Crippen LogP contribution in [-0.2, 0) is 20.4 Å². The average molecular weight is 482 g/mol. The molecule has 1 fully saturated rings. The molecule has 1 unspecified atom stereocenters. The molecule has 0 bridgehead atoms. The Morgan fingerprint density at radius 3 is 2.50 bits per heavy atom. The molecule has 3 rings (SSSR count). The van der Waals surface area contributed by atoms with Gasteiger partial charge >= 0.3 is 12.1 Å². The number of alkyl halides is 3. The number of ether oxygens (including phenoxy) is 2. The number of carbonyl (C=O) groups excluding carboxylic acids is 2. The number of hydrogen-bond acceptors (Lipinski definition) is 8. The van der Waals surface area contributed by atoms with Gasteiger partial charge in [0.25, 0.3) is 11.6 Å².